The van der Waals surface area contributed by atoms with Gasteiger partial charge in [-0.3, -0.25) is 95.9 Å². The number of rotatable bonds is 28. The van der Waals surface area contributed by atoms with Crippen LogP contribution in [-0.4, -0.2) is 350 Å². The molecular formula is C97H135N21O27S. The van der Waals surface area contributed by atoms with E-state index in [0.29, 0.717) is 45.8 Å². The molecule has 8 rings (SSSR count). The smallest absolute Gasteiger partial charge is 0.396 e. The lowest BCUT2D eigenvalue weighted by Crippen LogP contribution is -2.62. The van der Waals surface area contributed by atoms with Crippen LogP contribution in [0.1, 0.15) is 149 Å². The second kappa shape index (κ2) is 55.3. The van der Waals surface area contributed by atoms with Gasteiger partial charge in [-0.15, -0.1) is 11.8 Å². The molecule has 3 fully saturated rings. The third kappa shape index (κ3) is 32.9. The Kier molecular flexibility index (Phi) is 44.1. The summed E-state index contributed by atoms with van der Waals surface area (Å²) in [4.78, 5) is 325. The number of carboxylic acids is 1. The first-order valence-corrected chi connectivity index (χ1v) is 49.4. The number of aromatic nitrogens is 2. The summed E-state index contributed by atoms with van der Waals surface area (Å²) in [5, 5.41) is 63.4. The lowest BCUT2D eigenvalue weighted by molar-refractivity contribution is -0.152. The predicted octanol–water partition coefficient (Wildman–Crippen LogP) is -3.58. The number of unbranched alkanes of at least 4 members (excludes halogenated alkanes) is 2. The molecule has 0 aliphatic carbocycles. The van der Waals surface area contributed by atoms with E-state index in [4.69, 9.17) is 11.5 Å². The highest BCUT2D eigenvalue weighted by Gasteiger charge is 2.47. The first kappa shape index (κ1) is 116. The molecule has 0 unspecified atom stereocenters. The van der Waals surface area contributed by atoms with E-state index in [1.807, 2.05) is 6.92 Å². The first-order chi connectivity index (χ1) is 69.2. The summed E-state index contributed by atoms with van der Waals surface area (Å²) in [7, 11) is 5.55. The maximum absolute atomic E-state index is 16.2. The van der Waals surface area contributed by atoms with Gasteiger partial charge in [-0.05, 0) is 105 Å². The number of ether oxygens (including phenoxy) is 2. The number of primary amides is 2. The number of carboxylic acid groups (broad SMARTS) is 1. The Balaban J connectivity index is 1.26. The summed E-state index contributed by atoms with van der Waals surface area (Å²) in [6.07, 6.45) is -1.06. The van der Waals surface area contributed by atoms with Crippen LogP contribution in [0.5, 0.6) is 5.75 Å². The largest absolute Gasteiger partial charge is 0.508 e. The number of esters is 2. The molecule has 5 heterocycles. The van der Waals surface area contributed by atoms with Gasteiger partial charge in [0.05, 0.1) is 39.0 Å². The number of aliphatic hydroxyl groups is 1. The van der Waals surface area contributed by atoms with E-state index in [1.54, 1.807) is 83.1 Å². The minimum absolute atomic E-state index is 0.0560. The number of amides is 19. The third-order valence-electron chi connectivity index (χ3n) is 25.3. The van der Waals surface area contributed by atoms with Gasteiger partial charge in [0, 0.05) is 113 Å². The number of fused-ring (bicyclic) bond motifs is 4. The Labute approximate surface area is 846 Å². The molecule has 3 aliphatic heterocycles. The third-order valence-corrected chi connectivity index (χ3v) is 26.3. The zero-order valence-corrected chi connectivity index (χ0v) is 84.6. The highest BCUT2D eigenvalue weighted by atomic mass is 32.2. The fourth-order valence-corrected chi connectivity index (χ4v) is 18.3. The summed E-state index contributed by atoms with van der Waals surface area (Å²) in [6, 6.07) is -4.85. The van der Waals surface area contributed by atoms with Crippen molar-refractivity contribution in [3.8, 4) is 5.75 Å². The number of hydrogen-bond acceptors (Lipinski definition) is 27. The van der Waals surface area contributed by atoms with Crippen molar-refractivity contribution < 1.29 is 130 Å². The van der Waals surface area contributed by atoms with Gasteiger partial charge in [-0.25, -0.2) is 9.59 Å². The van der Waals surface area contributed by atoms with Crippen molar-refractivity contribution in [3.63, 3.8) is 0 Å². The van der Waals surface area contributed by atoms with E-state index in [9.17, 15) is 82.4 Å². The van der Waals surface area contributed by atoms with Crippen molar-refractivity contribution in [2.45, 2.75) is 248 Å². The van der Waals surface area contributed by atoms with E-state index < -0.39 is 309 Å². The Morgan fingerprint density at radius 2 is 1.06 bits per heavy atom. The molecule has 5 aromatic rings. The molecular weight excluding hydrogens is 1920 g/mol. The molecule has 20 N–H and O–H groups in total. The quantitative estimate of drug-likeness (QED) is 0.0170. The molecule has 3 saturated heterocycles. The fraction of sp³-hybridized carbons (Fsp3) is 0.546. The number of para-hydroxylation sites is 2. The van der Waals surface area contributed by atoms with Crippen LogP contribution in [0.2, 0.25) is 0 Å². The number of likely N-dealkylation sites (N-methyl/N-ethyl adjacent to an activating group) is 3. The van der Waals surface area contributed by atoms with E-state index >= 15 is 38.4 Å². The van der Waals surface area contributed by atoms with Crippen molar-refractivity contribution in [1.29, 1.82) is 0 Å². The minimum atomic E-state index is -1.98. The molecule has 0 saturated carbocycles. The number of nitrogens with one attached hydrogen (secondary N) is 13. The Bertz CT molecular complexity index is 5600. The summed E-state index contributed by atoms with van der Waals surface area (Å²) in [5.74, 6) is -26.6. The minimum Gasteiger partial charge on any atom is -0.508 e. The van der Waals surface area contributed by atoms with Crippen molar-refractivity contribution in [2.75, 3.05) is 79.6 Å². The molecule has 48 nitrogen and oxygen atoms in total. The van der Waals surface area contributed by atoms with Gasteiger partial charge in [-0.1, -0.05) is 116 Å². The van der Waals surface area contributed by atoms with Crippen LogP contribution in [0.4, 0.5) is 0 Å². The van der Waals surface area contributed by atoms with Crippen LogP contribution >= 0.6 is 11.8 Å². The van der Waals surface area contributed by atoms with Crippen molar-refractivity contribution in [3.05, 3.63) is 102 Å². The van der Waals surface area contributed by atoms with E-state index in [-0.39, 0.29) is 75.6 Å². The standard InChI is InChI=1S/C97H135N21O27S/c1-13-15-25-72-86(132)106-63(36-51(3)4)83(129)112-70(81(127)103-45-77(99)122)49-146-50-78(123)104-66(38-54-29-31-57(119)32-30-54)91(137)113(8)53(7)80(126)108-68(42-76(98)121)93(139)117-35-21-28-73(117)87(133)111-69(44-102-90(136)97(143)145-12)85(131)109-65(37-52(5)6)94(140)118-47-58(120)41-75(118)88(134)107-64(39-55-43-101-61-24-19-17-22-59(55)61)84(130)105-62(33-34-100-89(135)96(142)144-11)82(128)110-67(92(138)115(10)74(26-16-14-2)95(141)114(72)9)40-56-46-116(48-79(124)125)71-27-20-18-23-60(56)71/h17-20,22-24,27,29-32,43,46,51-53,58,62-70,72-75,101,119-120H,13-16,21,25-26,28,33-42,44-45,47-50H2,1-12H3,(H2,98,121)(H2,99,122)(H,100,135)(H,102,136)(H,103,127)(H,104,123)(H,105,130)(H,106,132)(H,107,134)(H,108,126)(H,109,131)(H,110,128)(H,111,133)(H,112,129)(H,124,125)/t53-,58+,62-,63-,64-,65-,66-,67-,68-,69-,70-,72-,73-,74-,75-/m0/s1. The molecule has 49 heteroatoms. The van der Waals surface area contributed by atoms with Crippen LogP contribution in [0.3, 0.4) is 0 Å². The van der Waals surface area contributed by atoms with Gasteiger partial charge in [-0.2, -0.15) is 0 Å². The fourth-order valence-electron chi connectivity index (χ4n) is 17.5. The highest BCUT2D eigenvalue weighted by molar-refractivity contribution is 8.00. The average Bonchev–Trinajstić information content (AvgIpc) is 1.66. The Morgan fingerprint density at radius 3 is 1.70 bits per heavy atom. The van der Waals surface area contributed by atoms with Crippen LogP contribution in [0, 0.1) is 11.8 Å². The van der Waals surface area contributed by atoms with Crippen LogP contribution in [-0.2, 0) is 141 Å². The summed E-state index contributed by atoms with van der Waals surface area (Å²) in [6.45, 7) is 7.85. The SMILES string of the molecule is CCCC[C@H]1C(=O)N(C)[C@@H](CCCC)C(=O)N[C@@H](CC(C)C)C(=O)N[C@H](C(=O)NCC(N)=O)CSCC(=O)N[C@@H](Cc2ccc(O)cc2)C(=O)N(C)[C@@H](C)C(=O)N[C@@H](CC(N)=O)C(=O)N2CCC[C@H]2C(=O)N[C@@H](CNC(=O)C(=O)OC)C(=O)N[C@@H](CC(C)C)C(=O)N2C[C@H](O)C[C@H]2C(=O)N[C@@H](Cc2c[nH]c3ccccc23)C(=O)N[C@@H](CCNC(=O)C(=O)OC)C(=O)N[C@@H](Cc2cn(CC(=O)O)c3ccccc23)C(=O)N1C. The number of carbonyl (C=O) groups is 22. The topological polar surface area (TPSA) is 688 Å². The number of phenolic OH excluding ortho intramolecular Hbond substituents is 1. The molecule has 3 aliphatic rings. The average molecular weight is 2060 g/mol. The number of nitrogens with two attached hydrogens (primary N) is 2. The number of aromatic amines is 1. The molecule has 15 atom stereocenters. The number of nitrogens with zero attached hydrogens (tertiary/aromatic N) is 6. The van der Waals surface area contributed by atoms with E-state index in [2.05, 4.69) is 78.3 Å². The number of phenols is 1. The molecule has 0 bridgehead atoms. The lowest BCUT2D eigenvalue weighted by Gasteiger charge is -2.36. The monoisotopic (exact) mass is 2060 g/mol. The van der Waals surface area contributed by atoms with Crippen LogP contribution in [0.15, 0.2) is 85.2 Å². The van der Waals surface area contributed by atoms with Crippen LogP contribution < -0.4 is 75.3 Å². The maximum Gasteiger partial charge on any atom is 0.396 e. The number of H-pyrrole nitrogens is 1. The summed E-state index contributed by atoms with van der Waals surface area (Å²) in [5.41, 5.74) is 13.1. The summed E-state index contributed by atoms with van der Waals surface area (Å²) < 4.78 is 10.6. The zero-order valence-electron chi connectivity index (χ0n) is 83.8. The number of carbonyl (C=O) groups excluding carboxylic acids is 21. The number of methoxy groups -OCH3 is 2. The highest BCUT2D eigenvalue weighted by Crippen LogP contribution is 2.29. The number of aromatic hydroxyl groups is 1. The second-order valence-electron chi connectivity index (χ2n) is 37.2. The number of aliphatic carboxylic acids is 1. The first-order valence-electron chi connectivity index (χ1n) is 48.3. The molecule has 0 spiro atoms. The number of aliphatic hydroxyl groups excluding tert-OH is 1. The number of hydrogen-bond donors (Lipinski definition) is 18. The molecule has 3 aromatic carbocycles. The number of thioether (sulfide) groups is 1. The van der Waals surface area contributed by atoms with Gasteiger partial charge in [0.25, 0.3) is 0 Å². The zero-order chi connectivity index (χ0) is 108. The molecule has 146 heavy (non-hydrogen) atoms. The molecule has 2 aromatic heterocycles. The van der Waals surface area contributed by atoms with Gasteiger partial charge in [0.15, 0.2) is 0 Å². The lowest BCUT2D eigenvalue weighted by atomic mass is 9.99. The Hall–Kier alpha value is -14.8. The van der Waals surface area contributed by atoms with Crippen molar-refractivity contribution in [2.24, 2.45) is 23.3 Å². The van der Waals surface area contributed by atoms with Gasteiger partial charge >= 0.3 is 29.7 Å². The second-order valence-corrected chi connectivity index (χ2v) is 38.3. The van der Waals surface area contributed by atoms with Crippen LogP contribution in [0.25, 0.3) is 21.8 Å². The van der Waals surface area contributed by atoms with E-state index in [1.165, 1.54) is 69.3 Å². The molecule has 0 radical (unpaired) electrons. The van der Waals surface area contributed by atoms with E-state index in [0.717, 1.165) is 50.5 Å². The number of benzene rings is 3. The Morgan fingerprint density at radius 1 is 0.527 bits per heavy atom. The van der Waals surface area contributed by atoms with Gasteiger partial charge in [0.1, 0.15) is 96.9 Å². The molecule has 19 amide bonds. The van der Waals surface area contributed by atoms with Gasteiger partial charge < -0.3 is 134 Å². The normalized spacial score (nSPS) is 23.7. The molecule has 796 valence electrons. The van der Waals surface area contributed by atoms with Gasteiger partial charge in [0.2, 0.25) is 100 Å². The predicted molar refractivity (Wildman–Crippen MR) is 527 cm³/mol. The maximum atomic E-state index is 16.2. The van der Waals surface area contributed by atoms with Crippen molar-refractivity contribution >= 4 is 164 Å². The summed E-state index contributed by atoms with van der Waals surface area (Å²) >= 11 is 0.746. The van der Waals surface area contributed by atoms with Crippen molar-refractivity contribution in [1.82, 2.24) is 97.9 Å².